The molecule has 2 nitrogen and oxygen atoms in total. The van der Waals surface area contributed by atoms with Crippen LogP contribution in [-0.2, 0) is 0 Å². The number of likely N-dealkylation sites (tertiary alicyclic amines) is 1. The lowest BCUT2D eigenvalue weighted by atomic mass is 10.0. The molecule has 1 saturated heterocycles. The number of rotatable bonds is 2. The quantitative estimate of drug-likeness (QED) is 0.755. The third-order valence-corrected chi connectivity index (χ3v) is 3.92. The molecule has 0 aliphatic carbocycles. The van der Waals surface area contributed by atoms with E-state index in [-0.39, 0.29) is 11.9 Å². The summed E-state index contributed by atoms with van der Waals surface area (Å²) in [4.78, 5) is 14.2. The zero-order valence-electron chi connectivity index (χ0n) is 9.70. The fourth-order valence-electron chi connectivity index (χ4n) is 2.28. The number of benzene rings is 1. The predicted molar refractivity (Wildman–Crippen MR) is 70.8 cm³/mol. The largest absolute Gasteiger partial charge is 0.334 e. The van der Waals surface area contributed by atoms with Gasteiger partial charge in [-0.3, -0.25) is 4.79 Å². The van der Waals surface area contributed by atoms with Crippen molar-refractivity contribution in [2.24, 2.45) is 5.92 Å². The van der Waals surface area contributed by atoms with Crippen LogP contribution in [0.5, 0.6) is 0 Å². The van der Waals surface area contributed by atoms with Crippen molar-refractivity contribution in [2.75, 3.05) is 12.4 Å². The van der Waals surface area contributed by atoms with Crippen LogP contribution in [0.3, 0.4) is 0 Å². The van der Waals surface area contributed by atoms with Crippen LogP contribution in [0.2, 0.25) is 5.02 Å². The standard InChI is InChI=1S/C13H15Cl2NO/c1-9-5-6-16(12(9)8-14)13(17)10-3-2-4-11(15)7-10/h2-4,7,9,12H,5-6,8H2,1H3. The lowest BCUT2D eigenvalue weighted by molar-refractivity contribution is 0.0737. The Balaban J connectivity index is 2.20. The average molecular weight is 272 g/mol. The van der Waals surface area contributed by atoms with Crippen LogP contribution < -0.4 is 0 Å². The third kappa shape index (κ3) is 2.58. The Kier molecular flexibility index (Phi) is 3.95. The van der Waals surface area contributed by atoms with E-state index in [9.17, 15) is 4.79 Å². The molecule has 2 unspecified atom stereocenters. The van der Waals surface area contributed by atoms with E-state index in [0.29, 0.717) is 22.4 Å². The molecule has 1 heterocycles. The Bertz CT molecular complexity index is 422. The van der Waals surface area contributed by atoms with Crippen LogP contribution in [0.15, 0.2) is 24.3 Å². The van der Waals surface area contributed by atoms with Crippen LogP contribution in [0, 0.1) is 5.92 Å². The lowest BCUT2D eigenvalue weighted by Gasteiger charge is -2.25. The summed E-state index contributed by atoms with van der Waals surface area (Å²) in [5.41, 5.74) is 0.640. The smallest absolute Gasteiger partial charge is 0.254 e. The zero-order valence-corrected chi connectivity index (χ0v) is 11.2. The molecule has 1 amide bonds. The fourth-order valence-corrected chi connectivity index (χ4v) is 2.94. The number of amides is 1. The topological polar surface area (TPSA) is 20.3 Å². The molecule has 0 aromatic heterocycles. The minimum absolute atomic E-state index is 0.0301. The van der Waals surface area contributed by atoms with Gasteiger partial charge in [0.1, 0.15) is 0 Å². The number of hydrogen-bond acceptors (Lipinski definition) is 1. The van der Waals surface area contributed by atoms with E-state index in [0.717, 1.165) is 13.0 Å². The van der Waals surface area contributed by atoms with Crippen LogP contribution in [-0.4, -0.2) is 29.3 Å². The Labute approximate surface area is 112 Å². The highest BCUT2D eigenvalue weighted by Crippen LogP contribution is 2.27. The summed E-state index contributed by atoms with van der Waals surface area (Å²) in [6.07, 6.45) is 1.02. The molecule has 0 spiro atoms. The summed E-state index contributed by atoms with van der Waals surface area (Å²) in [6.45, 7) is 2.92. The zero-order chi connectivity index (χ0) is 12.4. The second-order valence-electron chi connectivity index (χ2n) is 4.50. The van der Waals surface area contributed by atoms with E-state index in [1.165, 1.54) is 0 Å². The molecule has 0 N–H and O–H groups in total. The molecular weight excluding hydrogens is 257 g/mol. The average Bonchev–Trinajstić information content (AvgIpc) is 2.69. The van der Waals surface area contributed by atoms with E-state index in [1.807, 2.05) is 4.90 Å². The van der Waals surface area contributed by atoms with Crippen molar-refractivity contribution >= 4 is 29.1 Å². The first-order valence-corrected chi connectivity index (χ1v) is 6.67. The number of carbonyl (C=O) groups excluding carboxylic acids is 1. The SMILES string of the molecule is CC1CCN(C(=O)c2cccc(Cl)c2)C1CCl. The highest BCUT2D eigenvalue weighted by Gasteiger charge is 2.34. The van der Waals surface area contributed by atoms with E-state index >= 15 is 0 Å². The van der Waals surface area contributed by atoms with Crippen LogP contribution >= 0.6 is 23.2 Å². The second-order valence-corrected chi connectivity index (χ2v) is 5.24. The molecule has 1 aliphatic rings. The molecule has 0 bridgehead atoms. The van der Waals surface area contributed by atoms with Gasteiger partial charge in [-0.15, -0.1) is 11.6 Å². The Morgan fingerprint density at radius 2 is 2.29 bits per heavy atom. The third-order valence-electron chi connectivity index (χ3n) is 3.37. The minimum Gasteiger partial charge on any atom is -0.334 e. The Morgan fingerprint density at radius 3 is 2.94 bits per heavy atom. The summed E-state index contributed by atoms with van der Waals surface area (Å²) < 4.78 is 0. The summed E-state index contributed by atoms with van der Waals surface area (Å²) in [5, 5.41) is 0.588. The minimum atomic E-state index is 0.0301. The maximum atomic E-state index is 12.3. The normalized spacial score (nSPS) is 24.1. The van der Waals surface area contributed by atoms with Gasteiger partial charge >= 0.3 is 0 Å². The van der Waals surface area contributed by atoms with Gasteiger partial charge in [-0.2, -0.15) is 0 Å². The maximum absolute atomic E-state index is 12.3. The summed E-state index contributed by atoms with van der Waals surface area (Å²) in [5.74, 6) is 0.992. The van der Waals surface area contributed by atoms with Gasteiger partial charge in [-0.1, -0.05) is 24.6 Å². The molecule has 0 saturated carbocycles. The molecule has 1 aromatic carbocycles. The molecular formula is C13H15Cl2NO. The summed E-state index contributed by atoms with van der Waals surface area (Å²) in [6, 6.07) is 7.21. The van der Waals surface area contributed by atoms with Gasteiger partial charge in [0.25, 0.3) is 5.91 Å². The van der Waals surface area contributed by atoms with Gasteiger partial charge < -0.3 is 4.90 Å². The van der Waals surface area contributed by atoms with Crippen molar-refractivity contribution in [1.82, 2.24) is 4.90 Å². The monoisotopic (exact) mass is 271 g/mol. The molecule has 2 rings (SSSR count). The number of carbonyl (C=O) groups is 1. The summed E-state index contributed by atoms with van der Waals surface area (Å²) >= 11 is 11.8. The molecule has 0 radical (unpaired) electrons. The molecule has 1 aromatic rings. The van der Waals surface area contributed by atoms with Crippen molar-refractivity contribution < 1.29 is 4.79 Å². The van der Waals surface area contributed by atoms with Crippen LogP contribution in [0.1, 0.15) is 23.7 Å². The van der Waals surface area contributed by atoms with Gasteiger partial charge in [0.2, 0.25) is 0 Å². The summed E-state index contributed by atoms with van der Waals surface area (Å²) in [7, 11) is 0. The van der Waals surface area contributed by atoms with Gasteiger partial charge in [-0.05, 0) is 30.5 Å². The predicted octanol–water partition coefficient (Wildman–Crippen LogP) is 3.43. The number of nitrogens with zero attached hydrogens (tertiary/aromatic N) is 1. The van der Waals surface area contributed by atoms with Gasteiger partial charge in [0.05, 0.1) is 0 Å². The molecule has 1 aliphatic heterocycles. The molecule has 4 heteroatoms. The van der Waals surface area contributed by atoms with E-state index < -0.39 is 0 Å². The van der Waals surface area contributed by atoms with Crippen molar-refractivity contribution in [3.63, 3.8) is 0 Å². The highest BCUT2D eigenvalue weighted by atomic mass is 35.5. The lowest BCUT2D eigenvalue weighted by Crippen LogP contribution is -2.38. The highest BCUT2D eigenvalue weighted by molar-refractivity contribution is 6.31. The fraction of sp³-hybridized carbons (Fsp3) is 0.462. The Hall–Kier alpha value is -0.730. The van der Waals surface area contributed by atoms with Crippen molar-refractivity contribution in [1.29, 1.82) is 0 Å². The first kappa shape index (κ1) is 12.7. The van der Waals surface area contributed by atoms with Crippen molar-refractivity contribution in [2.45, 2.75) is 19.4 Å². The number of hydrogen-bond donors (Lipinski definition) is 0. The van der Waals surface area contributed by atoms with Crippen LogP contribution in [0.25, 0.3) is 0 Å². The van der Waals surface area contributed by atoms with Gasteiger partial charge in [0, 0.05) is 29.1 Å². The van der Waals surface area contributed by atoms with Crippen molar-refractivity contribution in [3.8, 4) is 0 Å². The second kappa shape index (κ2) is 5.28. The maximum Gasteiger partial charge on any atom is 0.254 e. The Morgan fingerprint density at radius 1 is 1.53 bits per heavy atom. The van der Waals surface area contributed by atoms with E-state index in [1.54, 1.807) is 24.3 Å². The van der Waals surface area contributed by atoms with E-state index in [2.05, 4.69) is 6.92 Å². The van der Waals surface area contributed by atoms with Gasteiger partial charge in [0.15, 0.2) is 0 Å². The first-order chi connectivity index (χ1) is 8.13. The number of alkyl halides is 1. The van der Waals surface area contributed by atoms with E-state index in [4.69, 9.17) is 23.2 Å². The van der Waals surface area contributed by atoms with Gasteiger partial charge in [-0.25, -0.2) is 0 Å². The van der Waals surface area contributed by atoms with Crippen molar-refractivity contribution in [3.05, 3.63) is 34.9 Å². The first-order valence-electron chi connectivity index (χ1n) is 5.76. The molecule has 17 heavy (non-hydrogen) atoms. The molecule has 92 valence electrons. The molecule has 1 fully saturated rings. The van der Waals surface area contributed by atoms with Crippen LogP contribution in [0.4, 0.5) is 0 Å². The number of halogens is 2. The molecule has 2 atom stereocenters.